The summed E-state index contributed by atoms with van der Waals surface area (Å²) in [6.45, 7) is 3.22. The van der Waals surface area contributed by atoms with Crippen molar-refractivity contribution in [2.75, 3.05) is 13.1 Å². The van der Waals surface area contributed by atoms with Crippen LogP contribution in [-0.4, -0.2) is 13.1 Å². The van der Waals surface area contributed by atoms with Gasteiger partial charge in [-0.2, -0.15) is 0 Å². The third kappa shape index (κ3) is 1.64. The van der Waals surface area contributed by atoms with Crippen LogP contribution in [0.3, 0.4) is 0 Å². The molecule has 1 aromatic carbocycles. The molecule has 1 heterocycles. The third-order valence-corrected chi connectivity index (χ3v) is 2.69. The summed E-state index contributed by atoms with van der Waals surface area (Å²) in [6.07, 6.45) is 0.816. The minimum absolute atomic E-state index is 0.00407. The van der Waals surface area contributed by atoms with E-state index in [0.29, 0.717) is 12.1 Å². The first kappa shape index (κ1) is 9.59. The quantitative estimate of drug-likeness (QED) is 0.728. The van der Waals surface area contributed by atoms with Gasteiger partial charge >= 0.3 is 0 Å². The molecule has 0 aliphatic carbocycles. The Bertz CT molecular complexity index is 320. The lowest BCUT2D eigenvalue weighted by molar-refractivity contribution is 0.530. The van der Waals surface area contributed by atoms with Gasteiger partial charge in [0.1, 0.15) is 11.6 Å². The van der Waals surface area contributed by atoms with E-state index in [-0.39, 0.29) is 11.5 Å². The maximum atomic E-state index is 13.5. The van der Waals surface area contributed by atoms with Gasteiger partial charge in [-0.1, -0.05) is 0 Å². The van der Waals surface area contributed by atoms with E-state index in [0.717, 1.165) is 13.0 Å². The van der Waals surface area contributed by atoms with Crippen LogP contribution >= 0.6 is 0 Å². The molecule has 2 rings (SSSR count). The predicted octanol–water partition coefficient (Wildman–Crippen LogP) is 2.35. The molecule has 0 spiro atoms. The lowest BCUT2D eigenvalue weighted by Crippen LogP contribution is -2.10. The van der Waals surface area contributed by atoms with Crippen LogP contribution in [0.4, 0.5) is 8.78 Å². The van der Waals surface area contributed by atoms with Gasteiger partial charge in [0.15, 0.2) is 0 Å². The molecule has 14 heavy (non-hydrogen) atoms. The van der Waals surface area contributed by atoms with Crippen LogP contribution in [0.2, 0.25) is 0 Å². The van der Waals surface area contributed by atoms with E-state index in [1.807, 2.05) is 0 Å². The van der Waals surface area contributed by atoms with Crippen LogP contribution in [-0.2, 0) is 0 Å². The average Bonchev–Trinajstić information content (AvgIpc) is 2.54. The number of hydrogen-bond acceptors (Lipinski definition) is 1. The molecule has 1 nitrogen and oxygen atoms in total. The first-order valence-electron chi connectivity index (χ1n) is 4.84. The summed E-state index contributed by atoms with van der Waals surface area (Å²) in [5.74, 6) is -0.817. The number of halogens is 2. The van der Waals surface area contributed by atoms with E-state index in [9.17, 15) is 8.78 Å². The minimum Gasteiger partial charge on any atom is -0.316 e. The fraction of sp³-hybridized carbons (Fsp3) is 0.455. The molecule has 1 atom stereocenters. The molecular formula is C11H13F2N. The molecule has 1 aromatic rings. The van der Waals surface area contributed by atoms with Crippen LogP contribution in [0.25, 0.3) is 0 Å². The number of rotatable bonds is 1. The molecule has 1 N–H and O–H groups in total. The van der Waals surface area contributed by atoms with Crippen molar-refractivity contribution in [2.45, 2.75) is 19.3 Å². The van der Waals surface area contributed by atoms with Gasteiger partial charge in [0.2, 0.25) is 0 Å². The molecule has 1 fully saturated rings. The summed E-state index contributed by atoms with van der Waals surface area (Å²) < 4.78 is 27.0. The van der Waals surface area contributed by atoms with E-state index < -0.39 is 11.6 Å². The maximum Gasteiger partial charge on any atom is 0.129 e. The van der Waals surface area contributed by atoms with Gasteiger partial charge < -0.3 is 5.32 Å². The molecule has 0 amide bonds. The summed E-state index contributed by atoms with van der Waals surface area (Å²) in [5.41, 5.74) is 0.885. The van der Waals surface area contributed by atoms with Crippen LogP contribution in [0.5, 0.6) is 0 Å². The lowest BCUT2D eigenvalue weighted by Gasteiger charge is -2.11. The van der Waals surface area contributed by atoms with E-state index >= 15 is 0 Å². The first-order valence-corrected chi connectivity index (χ1v) is 4.84. The second kappa shape index (κ2) is 3.65. The van der Waals surface area contributed by atoms with Crippen LogP contribution in [0.1, 0.15) is 23.5 Å². The smallest absolute Gasteiger partial charge is 0.129 e. The highest BCUT2D eigenvalue weighted by atomic mass is 19.1. The lowest BCUT2D eigenvalue weighted by atomic mass is 9.96. The summed E-state index contributed by atoms with van der Waals surface area (Å²) in [7, 11) is 0. The van der Waals surface area contributed by atoms with Gasteiger partial charge in [0, 0.05) is 18.0 Å². The zero-order valence-corrected chi connectivity index (χ0v) is 8.11. The summed E-state index contributed by atoms with van der Waals surface area (Å²) >= 11 is 0. The van der Waals surface area contributed by atoms with E-state index in [4.69, 9.17) is 0 Å². The van der Waals surface area contributed by atoms with Gasteiger partial charge in [-0.3, -0.25) is 0 Å². The molecule has 1 aliphatic rings. The first-order chi connectivity index (χ1) is 6.68. The molecule has 76 valence electrons. The molecule has 0 bridgehead atoms. The normalized spacial score (nSPS) is 21.5. The largest absolute Gasteiger partial charge is 0.316 e. The van der Waals surface area contributed by atoms with Crippen molar-refractivity contribution in [3.8, 4) is 0 Å². The number of nitrogens with one attached hydrogen (secondary N) is 1. The Morgan fingerprint density at radius 2 is 1.93 bits per heavy atom. The standard InChI is InChI=1S/C11H13F2N/c1-7-4-9(12)11(10(13)5-7)8-2-3-14-6-8/h4-5,8,14H,2-3,6H2,1H3. The number of aryl methyl sites for hydroxylation is 1. The predicted molar refractivity (Wildman–Crippen MR) is 51.3 cm³/mol. The zero-order chi connectivity index (χ0) is 10.1. The fourth-order valence-electron chi connectivity index (χ4n) is 2.00. The van der Waals surface area contributed by atoms with Gasteiger partial charge in [-0.15, -0.1) is 0 Å². The molecule has 1 aliphatic heterocycles. The van der Waals surface area contributed by atoms with Crippen LogP contribution in [0, 0.1) is 18.6 Å². The Kier molecular flexibility index (Phi) is 2.50. The van der Waals surface area contributed by atoms with Crippen molar-refractivity contribution in [3.63, 3.8) is 0 Å². The van der Waals surface area contributed by atoms with Crippen molar-refractivity contribution >= 4 is 0 Å². The van der Waals surface area contributed by atoms with Crippen molar-refractivity contribution < 1.29 is 8.78 Å². The molecule has 3 heteroatoms. The van der Waals surface area contributed by atoms with Gasteiger partial charge in [0.05, 0.1) is 0 Å². The topological polar surface area (TPSA) is 12.0 Å². The maximum absolute atomic E-state index is 13.5. The van der Waals surface area contributed by atoms with Crippen molar-refractivity contribution in [2.24, 2.45) is 0 Å². The highest BCUT2D eigenvalue weighted by Crippen LogP contribution is 2.28. The Labute approximate surface area is 82.1 Å². The van der Waals surface area contributed by atoms with Crippen molar-refractivity contribution in [1.29, 1.82) is 0 Å². The molecule has 0 aromatic heterocycles. The Balaban J connectivity index is 2.40. The van der Waals surface area contributed by atoms with E-state index in [1.165, 1.54) is 12.1 Å². The SMILES string of the molecule is Cc1cc(F)c(C2CCNC2)c(F)c1. The Morgan fingerprint density at radius 3 is 2.43 bits per heavy atom. The highest BCUT2D eigenvalue weighted by Gasteiger charge is 2.23. The summed E-state index contributed by atoms with van der Waals surface area (Å²) in [5, 5.41) is 3.11. The van der Waals surface area contributed by atoms with Gasteiger partial charge in [-0.05, 0) is 37.6 Å². The number of hydrogen-bond donors (Lipinski definition) is 1. The van der Waals surface area contributed by atoms with E-state index in [2.05, 4.69) is 5.32 Å². The van der Waals surface area contributed by atoms with E-state index in [1.54, 1.807) is 6.92 Å². The molecular weight excluding hydrogens is 184 g/mol. The number of benzene rings is 1. The monoisotopic (exact) mass is 197 g/mol. The van der Waals surface area contributed by atoms with Crippen LogP contribution < -0.4 is 5.32 Å². The fourth-order valence-corrected chi connectivity index (χ4v) is 2.00. The van der Waals surface area contributed by atoms with Crippen LogP contribution in [0.15, 0.2) is 12.1 Å². The van der Waals surface area contributed by atoms with Crippen molar-refractivity contribution in [1.82, 2.24) is 5.32 Å². The molecule has 1 saturated heterocycles. The molecule has 0 radical (unpaired) electrons. The Hall–Kier alpha value is -0.960. The van der Waals surface area contributed by atoms with Gasteiger partial charge in [-0.25, -0.2) is 8.78 Å². The second-order valence-electron chi connectivity index (χ2n) is 3.83. The average molecular weight is 197 g/mol. The zero-order valence-electron chi connectivity index (χ0n) is 8.11. The second-order valence-corrected chi connectivity index (χ2v) is 3.83. The van der Waals surface area contributed by atoms with Gasteiger partial charge in [0.25, 0.3) is 0 Å². The molecule has 1 unspecified atom stereocenters. The van der Waals surface area contributed by atoms with Crippen molar-refractivity contribution in [3.05, 3.63) is 34.9 Å². The third-order valence-electron chi connectivity index (χ3n) is 2.69. The highest BCUT2D eigenvalue weighted by molar-refractivity contribution is 5.29. The Morgan fingerprint density at radius 1 is 1.29 bits per heavy atom. The summed E-state index contributed by atoms with van der Waals surface area (Å²) in [6, 6.07) is 2.80. The molecule has 0 saturated carbocycles. The summed E-state index contributed by atoms with van der Waals surface area (Å²) in [4.78, 5) is 0. The minimum atomic E-state index is -0.406.